The van der Waals surface area contributed by atoms with Crippen molar-refractivity contribution in [3.8, 4) is 11.5 Å². The van der Waals surface area contributed by atoms with E-state index in [2.05, 4.69) is 12.1 Å². The van der Waals surface area contributed by atoms with E-state index in [1.807, 2.05) is 12.1 Å². The molecule has 1 aliphatic heterocycles. The number of unbranched alkanes of at least 4 members (excludes halogenated alkanes) is 1. The Morgan fingerprint density at radius 3 is 3.00 bits per heavy atom. The Hall–Kier alpha value is -1.75. The van der Waals surface area contributed by atoms with Gasteiger partial charge in [0.1, 0.15) is 30.4 Å². The summed E-state index contributed by atoms with van der Waals surface area (Å²) in [5.74, 6) is 1.43. The van der Waals surface area contributed by atoms with E-state index >= 15 is 0 Å². The minimum absolute atomic E-state index is 0.301. The van der Waals surface area contributed by atoms with Gasteiger partial charge in [-0.15, -0.1) is 0 Å². The third-order valence-corrected chi connectivity index (χ3v) is 2.89. The Morgan fingerprint density at radius 1 is 1.32 bits per heavy atom. The summed E-state index contributed by atoms with van der Waals surface area (Å²) in [6.45, 7) is 4.32. The highest BCUT2D eigenvalue weighted by atomic mass is 16.5. The van der Waals surface area contributed by atoms with E-state index in [1.54, 1.807) is 6.07 Å². The Kier molecular flexibility index (Phi) is 5.03. The molecule has 5 nitrogen and oxygen atoms in total. The van der Waals surface area contributed by atoms with Crippen LogP contribution in [-0.2, 0) is 4.74 Å². The zero-order valence-electron chi connectivity index (χ0n) is 11.1. The molecule has 0 bridgehead atoms. The molecule has 0 radical (unpaired) electrons. The van der Waals surface area contributed by atoms with Gasteiger partial charge in [-0.1, -0.05) is 18.5 Å². The SMILES string of the molecule is CCCCOCCOc1ccc2c(c1)OCC2=NO. The molecule has 0 fully saturated rings. The van der Waals surface area contributed by atoms with Crippen LogP contribution >= 0.6 is 0 Å². The predicted molar refractivity (Wildman–Crippen MR) is 71.5 cm³/mol. The fraction of sp³-hybridized carbons (Fsp3) is 0.500. The summed E-state index contributed by atoms with van der Waals surface area (Å²) in [4.78, 5) is 0. The van der Waals surface area contributed by atoms with E-state index in [9.17, 15) is 0 Å². The monoisotopic (exact) mass is 265 g/mol. The molecule has 0 aromatic heterocycles. The van der Waals surface area contributed by atoms with Crippen molar-refractivity contribution in [3.05, 3.63) is 23.8 Å². The molecule has 19 heavy (non-hydrogen) atoms. The summed E-state index contributed by atoms with van der Waals surface area (Å²) in [5, 5.41) is 12.0. The van der Waals surface area contributed by atoms with Gasteiger partial charge in [0.2, 0.25) is 0 Å². The van der Waals surface area contributed by atoms with E-state index in [0.29, 0.717) is 31.3 Å². The lowest BCUT2D eigenvalue weighted by Crippen LogP contribution is -2.07. The molecule has 1 N–H and O–H groups in total. The molecule has 1 aromatic carbocycles. The highest BCUT2D eigenvalue weighted by Crippen LogP contribution is 2.29. The molecule has 0 aliphatic carbocycles. The first-order valence-corrected chi connectivity index (χ1v) is 6.54. The van der Waals surface area contributed by atoms with E-state index < -0.39 is 0 Å². The lowest BCUT2D eigenvalue weighted by Gasteiger charge is -2.08. The van der Waals surface area contributed by atoms with Gasteiger partial charge in [0, 0.05) is 18.2 Å². The highest BCUT2D eigenvalue weighted by Gasteiger charge is 2.20. The average molecular weight is 265 g/mol. The smallest absolute Gasteiger partial charge is 0.134 e. The van der Waals surface area contributed by atoms with Crippen LogP contribution in [0.2, 0.25) is 0 Å². The van der Waals surface area contributed by atoms with Crippen molar-refractivity contribution >= 4 is 5.71 Å². The molecule has 2 rings (SSSR count). The molecule has 0 saturated heterocycles. The number of oxime groups is 1. The summed E-state index contributed by atoms with van der Waals surface area (Å²) in [6.07, 6.45) is 2.22. The summed E-state index contributed by atoms with van der Waals surface area (Å²) in [5.41, 5.74) is 1.36. The number of rotatable bonds is 7. The Morgan fingerprint density at radius 2 is 2.21 bits per heavy atom. The van der Waals surface area contributed by atoms with Crippen molar-refractivity contribution in [2.75, 3.05) is 26.4 Å². The molecule has 0 atom stereocenters. The van der Waals surface area contributed by atoms with Gasteiger partial charge >= 0.3 is 0 Å². The maximum absolute atomic E-state index is 8.79. The lowest BCUT2D eigenvalue weighted by atomic mass is 10.1. The quantitative estimate of drug-likeness (QED) is 0.467. The normalized spacial score (nSPS) is 15.3. The van der Waals surface area contributed by atoms with Crippen LogP contribution in [0.4, 0.5) is 0 Å². The van der Waals surface area contributed by atoms with Crippen molar-refractivity contribution in [1.82, 2.24) is 0 Å². The predicted octanol–water partition coefficient (Wildman–Crippen LogP) is 2.45. The fourth-order valence-corrected chi connectivity index (χ4v) is 1.82. The average Bonchev–Trinajstić information content (AvgIpc) is 2.85. The number of hydrogen-bond acceptors (Lipinski definition) is 5. The number of fused-ring (bicyclic) bond motifs is 1. The summed E-state index contributed by atoms with van der Waals surface area (Å²) in [7, 11) is 0. The molecule has 5 heteroatoms. The second-order valence-corrected chi connectivity index (χ2v) is 4.31. The number of ether oxygens (including phenoxy) is 3. The molecule has 1 aliphatic rings. The van der Waals surface area contributed by atoms with E-state index in [0.717, 1.165) is 30.8 Å². The number of benzene rings is 1. The van der Waals surface area contributed by atoms with Crippen LogP contribution in [-0.4, -0.2) is 37.3 Å². The third kappa shape index (κ3) is 3.61. The van der Waals surface area contributed by atoms with E-state index in [4.69, 9.17) is 19.4 Å². The second kappa shape index (κ2) is 6.99. The second-order valence-electron chi connectivity index (χ2n) is 4.31. The molecule has 104 valence electrons. The maximum atomic E-state index is 8.79. The third-order valence-electron chi connectivity index (χ3n) is 2.89. The lowest BCUT2D eigenvalue weighted by molar-refractivity contribution is 0.0980. The van der Waals surface area contributed by atoms with Gasteiger partial charge in [-0.25, -0.2) is 0 Å². The first kappa shape index (κ1) is 13.7. The molecular formula is C14H19NO4. The van der Waals surface area contributed by atoms with Crippen LogP contribution in [0.3, 0.4) is 0 Å². The van der Waals surface area contributed by atoms with Crippen molar-refractivity contribution < 1.29 is 19.4 Å². The van der Waals surface area contributed by atoms with Gasteiger partial charge in [-0.05, 0) is 18.6 Å². The van der Waals surface area contributed by atoms with Crippen molar-refractivity contribution in [1.29, 1.82) is 0 Å². The van der Waals surface area contributed by atoms with Crippen LogP contribution in [0.25, 0.3) is 0 Å². The maximum Gasteiger partial charge on any atom is 0.134 e. The van der Waals surface area contributed by atoms with E-state index in [1.165, 1.54) is 0 Å². The first-order chi connectivity index (χ1) is 9.35. The van der Waals surface area contributed by atoms with Crippen LogP contribution < -0.4 is 9.47 Å². The standard InChI is InChI=1S/C14H19NO4/c1-2-3-6-17-7-8-18-11-4-5-12-13(15-16)10-19-14(12)9-11/h4-5,9,16H,2-3,6-8,10H2,1H3. The topological polar surface area (TPSA) is 60.3 Å². The largest absolute Gasteiger partial charge is 0.491 e. The Bertz CT molecular complexity index is 445. The summed E-state index contributed by atoms with van der Waals surface area (Å²) in [6, 6.07) is 5.48. The zero-order chi connectivity index (χ0) is 13.5. The molecule has 0 spiro atoms. The van der Waals surface area contributed by atoms with E-state index in [-0.39, 0.29) is 0 Å². The van der Waals surface area contributed by atoms with Gasteiger partial charge in [0.25, 0.3) is 0 Å². The fourth-order valence-electron chi connectivity index (χ4n) is 1.82. The number of nitrogens with zero attached hydrogens (tertiary/aromatic N) is 1. The van der Waals surface area contributed by atoms with Crippen LogP contribution in [0.5, 0.6) is 11.5 Å². The van der Waals surface area contributed by atoms with Gasteiger partial charge in [0.15, 0.2) is 0 Å². The first-order valence-electron chi connectivity index (χ1n) is 6.54. The molecule has 0 saturated carbocycles. The van der Waals surface area contributed by atoms with Gasteiger partial charge in [-0.3, -0.25) is 0 Å². The molecule has 0 amide bonds. The minimum Gasteiger partial charge on any atom is -0.491 e. The van der Waals surface area contributed by atoms with Gasteiger partial charge in [0.05, 0.1) is 6.61 Å². The highest BCUT2D eigenvalue weighted by molar-refractivity contribution is 6.05. The zero-order valence-corrected chi connectivity index (χ0v) is 11.1. The summed E-state index contributed by atoms with van der Waals surface area (Å²) >= 11 is 0. The van der Waals surface area contributed by atoms with Crippen LogP contribution in [0.15, 0.2) is 23.4 Å². The Balaban J connectivity index is 1.80. The van der Waals surface area contributed by atoms with Gasteiger partial charge in [-0.2, -0.15) is 0 Å². The Labute approximate surface area is 112 Å². The summed E-state index contributed by atoms with van der Waals surface area (Å²) < 4.78 is 16.4. The van der Waals surface area contributed by atoms with Crippen molar-refractivity contribution in [2.45, 2.75) is 19.8 Å². The number of hydrogen-bond donors (Lipinski definition) is 1. The molecule has 0 unspecified atom stereocenters. The molecular weight excluding hydrogens is 246 g/mol. The van der Waals surface area contributed by atoms with Crippen LogP contribution in [0.1, 0.15) is 25.3 Å². The van der Waals surface area contributed by atoms with Gasteiger partial charge < -0.3 is 19.4 Å². The minimum atomic E-state index is 0.301. The van der Waals surface area contributed by atoms with Crippen LogP contribution in [0, 0.1) is 0 Å². The molecule has 1 heterocycles. The van der Waals surface area contributed by atoms with Crippen molar-refractivity contribution in [2.24, 2.45) is 5.16 Å². The van der Waals surface area contributed by atoms with Crippen molar-refractivity contribution in [3.63, 3.8) is 0 Å². The molecule has 1 aromatic rings.